The van der Waals surface area contributed by atoms with Crippen molar-refractivity contribution < 1.29 is 9.53 Å². The second-order valence-corrected chi connectivity index (χ2v) is 4.33. The smallest absolute Gasteiger partial charge is 0.319 e. The van der Waals surface area contributed by atoms with Crippen molar-refractivity contribution in [2.75, 3.05) is 33.3 Å². The summed E-state index contributed by atoms with van der Waals surface area (Å²) in [5.41, 5.74) is 0. The van der Waals surface area contributed by atoms with Gasteiger partial charge in [-0.1, -0.05) is 0 Å². The summed E-state index contributed by atoms with van der Waals surface area (Å²) >= 11 is 0. The van der Waals surface area contributed by atoms with Crippen LogP contribution >= 0.6 is 0 Å². The van der Waals surface area contributed by atoms with Crippen LogP contribution in [-0.4, -0.2) is 50.2 Å². The molecule has 0 aliphatic carbocycles. The second-order valence-electron chi connectivity index (χ2n) is 4.33. The van der Waals surface area contributed by atoms with E-state index in [4.69, 9.17) is 0 Å². The highest BCUT2D eigenvalue weighted by Gasteiger charge is 2.42. The van der Waals surface area contributed by atoms with Crippen molar-refractivity contribution >= 4 is 5.97 Å². The van der Waals surface area contributed by atoms with Crippen molar-refractivity contribution in [1.29, 1.82) is 0 Å². The Bertz CT molecular complexity index is 232. The minimum atomic E-state index is -0.121. The number of nitrogens with zero attached hydrogens (tertiary/aromatic N) is 1. The van der Waals surface area contributed by atoms with Crippen LogP contribution in [-0.2, 0) is 9.53 Å². The predicted molar refractivity (Wildman–Crippen MR) is 52.9 cm³/mol. The van der Waals surface area contributed by atoms with E-state index in [1.54, 1.807) is 0 Å². The summed E-state index contributed by atoms with van der Waals surface area (Å²) in [5, 5.41) is 3.40. The molecule has 1 N–H and O–H groups in total. The molecule has 0 spiro atoms. The zero-order valence-corrected chi connectivity index (χ0v) is 8.82. The highest BCUT2D eigenvalue weighted by molar-refractivity contribution is 5.71. The van der Waals surface area contributed by atoms with Crippen molar-refractivity contribution in [3.63, 3.8) is 0 Å². The van der Waals surface area contributed by atoms with Gasteiger partial charge in [0.05, 0.1) is 13.7 Å². The third-order valence-corrected chi connectivity index (χ3v) is 3.62. The van der Waals surface area contributed by atoms with Crippen LogP contribution in [0.25, 0.3) is 0 Å². The Morgan fingerprint density at radius 2 is 2.36 bits per heavy atom. The highest BCUT2D eigenvalue weighted by atomic mass is 16.5. The van der Waals surface area contributed by atoms with Gasteiger partial charge in [0, 0.05) is 12.6 Å². The third kappa shape index (κ3) is 1.64. The monoisotopic (exact) mass is 198 g/mol. The van der Waals surface area contributed by atoms with Crippen LogP contribution in [0.5, 0.6) is 0 Å². The zero-order valence-electron chi connectivity index (χ0n) is 8.82. The van der Waals surface area contributed by atoms with E-state index in [0.717, 1.165) is 31.5 Å². The van der Waals surface area contributed by atoms with Crippen LogP contribution in [0, 0.1) is 11.8 Å². The number of esters is 1. The van der Waals surface area contributed by atoms with Gasteiger partial charge in [0.15, 0.2) is 0 Å². The van der Waals surface area contributed by atoms with Crippen molar-refractivity contribution in [2.24, 2.45) is 11.8 Å². The third-order valence-electron chi connectivity index (χ3n) is 3.62. The summed E-state index contributed by atoms with van der Waals surface area (Å²) < 4.78 is 4.69. The lowest BCUT2D eigenvalue weighted by Crippen LogP contribution is -2.37. The molecule has 2 rings (SSSR count). The van der Waals surface area contributed by atoms with Crippen LogP contribution in [0.15, 0.2) is 0 Å². The standard InChI is InChI=1S/C10H18N2O2/c1-7-9-4-11-3-8(9)5-12(7)6-10(13)14-2/h7-9,11H,3-6H2,1-2H3. The normalized spacial score (nSPS) is 37.1. The van der Waals surface area contributed by atoms with E-state index in [1.165, 1.54) is 7.11 Å². The fraction of sp³-hybridized carbons (Fsp3) is 0.900. The van der Waals surface area contributed by atoms with Crippen LogP contribution in [0.3, 0.4) is 0 Å². The first-order valence-corrected chi connectivity index (χ1v) is 5.24. The van der Waals surface area contributed by atoms with Crippen molar-refractivity contribution in [2.45, 2.75) is 13.0 Å². The molecule has 0 aromatic heterocycles. The summed E-state index contributed by atoms with van der Waals surface area (Å²) in [6, 6.07) is 0.508. The number of methoxy groups -OCH3 is 1. The van der Waals surface area contributed by atoms with E-state index in [-0.39, 0.29) is 5.97 Å². The molecule has 0 radical (unpaired) electrons. The molecule has 0 aromatic rings. The molecule has 3 unspecified atom stereocenters. The van der Waals surface area contributed by atoms with Crippen molar-refractivity contribution in [1.82, 2.24) is 10.2 Å². The molecule has 2 saturated heterocycles. The largest absolute Gasteiger partial charge is 0.468 e. The fourth-order valence-electron chi connectivity index (χ4n) is 2.70. The molecule has 14 heavy (non-hydrogen) atoms. The van der Waals surface area contributed by atoms with Gasteiger partial charge in [0.1, 0.15) is 0 Å². The number of rotatable bonds is 2. The van der Waals surface area contributed by atoms with Crippen molar-refractivity contribution in [3.05, 3.63) is 0 Å². The molecule has 2 heterocycles. The molecular weight excluding hydrogens is 180 g/mol. The molecule has 2 aliphatic rings. The number of fused-ring (bicyclic) bond motifs is 1. The van der Waals surface area contributed by atoms with Crippen LogP contribution in [0.1, 0.15) is 6.92 Å². The Kier molecular flexibility index (Phi) is 2.74. The molecule has 4 nitrogen and oxygen atoms in total. The highest BCUT2D eigenvalue weighted by Crippen LogP contribution is 2.31. The van der Waals surface area contributed by atoms with Crippen molar-refractivity contribution in [3.8, 4) is 0 Å². The van der Waals surface area contributed by atoms with Gasteiger partial charge < -0.3 is 10.1 Å². The first-order valence-electron chi connectivity index (χ1n) is 5.24. The van der Waals surface area contributed by atoms with Gasteiger partial charge in [0.2, 0.25) is 0 Å². The van der Waals surface area contributed by atoms with Gasteiger partial charge >= 0.3 is 5.97 Å². The molecule has 0 aromatic carbocycles. The Morgan fingerprint density at radius 1 is 1.57 bits per heavy atom. The van der Waals surface area contributed by atoms with E-state index in [1.807, 2.05) is 0 Å². The maximum Gasteiger partial charge on any atom is 0.319 e. The molecule has 0 saturated carbocycles. The van der Waals surface area contributed by atoms with Gasteiger partial charge in [-0.05, 0) is 31.8 Å². The lowest BCUT2D eigenvalue weighted by atomic mass is 9.95. The number of carbonyl (C=O) groups excluding carboxylic acids is 1. The average Bonchev–Trinajstić information content (AvgIpc) is 2.72. The van der Waals surface area contributed by atoms with E-state index in [2.05, 4.69) is 21.9 Å². The summed E-state index contributed by atoms with van der Waals surface area (Å²) in [4.78, 5) is 13.4. The minimum absolute atomic E-state index is 0.121. The Hall–Kier alpha value is -0.610. The quantitative estimate of drug-likeness (QED) is 0.619. The number of hydrogen-bond donors (Lipinski definition) is 1. The topological polar surface area (TPSA) is 41.6 Å². The molecule has 0 amide bonds. The number of hydrogen-bond acceptors (Lipinski definition) is 4. The first kappa shape index (κ1) is 9.93. The van der Waals surface area contributed by atoms with Gasteiger partial charge in [0.25, 0.3) is 0 Å². The Morgan fingerprint density at radius 3 is 3.00 bits per heavy atom. The Labute approximate surface area is 84.6 Å². The second kappa shape index (κ2) is 3.87. The fourth-order valence-corrected chi connectivity index (χ4v) is 2.70. The predicted octanol–water partition coefficient (Wildman–Crippen LogP) is -0.301. The molecular formula is C10H18N2O2. The lowest BCUT2D eigenvalue weighted by molar-refractivity contribution is -0.142. The maximum atomic E-state index is 11.2. The zero-order chi connectivity index (χ0) is 10.1. The average molecular weight is 198 g/mol. The van der Waals surface area contributed by atoms with Crippen LogP contribution < -0.4 is 5.32 Å². The van der Waals surface area contributed by atoms with Gasteiger partial charge in [-0.2, -0.15) is 0 Å². The molecule has 0 bridgehead atoms. The van der Waals surface area contributed by atoms with E-state index < -0.39 is 0 Å². The van der Waals surface area contributed by atoms with Crippen LogP contribution in [0.2, 0.25) is 0 Å². The maximum absolute atomic E-state index is 11.2. The number of likely N-dealkylation sites (tertiary alicyclic amines) is 1. The van der Waals surface area contributed by atoms with E-state index in [0.29, 0.717) is 12.6 Å². The number of carbonyl (C=O) groups is 1. The first-order chi connectivity index (χ1) is 6.72. The summed E-state index contributed by atoms with van der Waals surface area (Å²) in [6.07, 6.45) is 0. The minimum Gasteiger partial charge on any atom is -0.468 e. The molecule has 3 atom stereocenters. The van der Waals surface area contributed by atoms with Gasteiger partial charge in [-0.25, -0.2) is 0 Å². The Balaban J connectivity index is 1.93. The van der Waals surface area contributed by atoms with E-state index >= 15 is 0 Å². The van der Waals surface area contributed by atoms with Gasteiger partial charge in [-0.3, -0.25) is 9.69 Å². The number of nitrogens with one attached hydrogen (secondary N) is 1. The lowest BCUT2D eigenvalue weighted by Gasteiger charge is -2.22. The summed E-state index contributed by atoms with van der Waals surface area (Å²) in [7, 11) is 1.45. The SMILES string of the molecule is COC(=O)CN1CC2CNCC2C1C. The molecule has 80 valence electrons. The van der Waals surface area contributed by atoms with Crippen LogP contribution in [0.4, 0.5) is 0 Å². The summed E-state index contributed by atoms with van der Waals surface area (Å²) in [6.45, 7) is 5.90. The molecule has 2 aliphatic heterocycles. The van der Waals surface area contributed by atoms with Gasteiger partial charge in [-0.15, -0.1) is 0 Å². The number of ether oxygens (including phenoxy) is 1. The molecule has 4 heteroatoms. The summed E-state index contributed by atoms with van der Waals surface area (Å²) in [5.74, 6) is 1.33. The molecule has 2 fully saturated rings. The van der Waals surface area contributed by atoms with E-state index in [9.17, 15) is 4.79 Å².